The molecule has 0 radical (unpaired) electrons. The lowest BCUT2D eigenvalue weighted by Gasteiger charge is -2.27. The van der Waals surface area contributed by atoms with Crippen LogP contribution in [-0.4, -0.2) is 32.9 Å². The van der Waals surface area contributed by atoms with Crippen molar-refractivity contribution < 1.29 is 4.79 Å². The van der Waals surface area contributed by atoms with Crippen molar-refractivity contribution in [2.24, 2.45) is 5.41 Å². The van der Waals surface area contributed by atoms with Gasteiger partial charge in [0.1, 0.15) is 5.82 Å². The fourth-order valence-electron chi connectivity index (χ4n) is 3.19. The smallest absolute Gasteiger partial charge is 0.229 e. The third-order valence-corrected chi connectivity index (χ3v) is 4.78. The van der Waals surface area contributed by atoms with Crippen LogP contribution in [-0.2, 0) is 17.9 Å². The van der Waals surface area contributed by atoms with E-state index in [9.17, 15) is 4.79 Å². The molecule has 1 aliphatic carbocycles. The lowest BCUT2D eigenvalue weighted by molar-refractivity contribution is -0.123. The summed E-state index contributed by atoms with van der Waals surface area (Å²) in [4.78, 5) is 19.5. The zero-order chi connectivity index (χ0) is 16.2. The molecule has 2 aliphatic rings. The molecule has 2 aromatic rings. The Labute approximate surface area is 136 Å². The van der Waals surface area contributed by atoms with E-state index in [1.54, 1.807) is 0 Å². The highest BCUT2D eigenvalue weighted by atomic mass is 16.2. The van der Waals surface area contributed by atoms with Crippen molar-refractivity contribution >= 4 is 22.6 Å². The number of amides is 1. The lowest BCUT2D eigenvalue weighted by Crippen LogP contribution is -2.35. The monoisotopic (exact) mass is 312 g/mol. The number of imidazole rings is 1. The number of hydrogen-bond acceptors (Lipinski definition) is 3. The Hall–Kier alpha value is -1.88. The fraction of sp³-hybridized carbons (Fsp3) is 0.556. The van der Waals surface area contributed by atoms with Crippen LogP contribution in [0.1, 0.15) is 39.4 Å². The largest absolute Gasteiger partial charge is 0.326 e. The average molecular weight is 312 g/mol. The number of nitrogens with one attached hydrogen (secondary N) is 1. The molecule has 1 amide bonds. The Balaban J connectivity index is 1.61. The van der Waals surface area contributed by atoms with Gasteiger partial charge in [0.15, 0.2) is 0 Å². The molecule has 5 heteroatoms. The summed E-state index contributed by atoms with van der Waals surface area (Å²) in [5.41, 5.74) is 2.58. The predicted molar refractivity (Wildman–Crippen MR) is 91.2 cm³/mol. The van der Waals surface area contributed by atoms with Gasteiger partial charge in [0, 0.05) is 30.2 Å². The molecule has 0 saturated heterocycles. The predicted octanol–water partition coefficient (Wildman–Crippen LogP) is 3.00. The van der Waals surface area contributed by atoms with Gasteiger partial charge in [-0.1, -0.05) is 20.8 Å². The molecule has 1 fully saturated rings. The van der Waals surface area contributed by atoms with Gasteiger partial charge in [-0.25, -0.2) is 4.98 Å². The number of anilines is 1. The van der Waals surface area contributed by atoms with Crippen LogP contribution in [0.25, 0.3) is 11.0 Å². The fourth-order valence-corrected chi connectivity index (χ4v) is 3.19. The molecular formula is C18H24N4O. The summed E-state index contributed by atoms with van der Waals surface area (Å²) in [5, 5.41) is 2.99. The second kappa shape index (κ2) is 5.06. The van der Waals surface area contributed by atoms with Crippen LogP contribution >= 0.6 is 0 Å². The minimum Gasteiger partial charge on any atom is -0.326 e. The SMILES string of the molecule is CC(C)(C)C(=O)Nc1ccc2c(c1)nc1n2CCN(C2CC2)C1. The van der Waals surface area contributed by atoms with E-state index in [0.717, 1.165) is 42.7 Å². The minimum atomic E-state index is -0.396. The van der Waals surface area contributed by atoms with Crippen molar-refractivity contribution in [2.45, 2.75) is 52.7 Å². The first kappa shape index (κ1) is 14.7. The molecule has 1 N–H and O–H groups in total. The van der Waals surface area contributed by atoms with Crippen molar-refractivity contribution in [3.63, 3.8) is 0 Å². The molecule has 5 nitrogen and oxygen atoms in total. The average Bonchev–Trinajstić information content (AvgIpc) is 3.27. The van der Waals surface area contributed by atoms with Crippen molar-refractivity contribution in [1.29, 1.82) is 0 Å². The zero-order valence-corrected chi connectivity index (χ0v) is 14.1. The van der Waals surface area contributed by atoms with Crippen molar-refractivity contribution in [3.05, 3.63) is 24.0 Å². The number of benzene rings is 1. The third-order valence-electron chi connectivity index (χ3n) is 4.78. The first-order chi connectivity index (χ1) is 10.9. The summed E-state index contributed by atoms with van der Waals surface area (Å²) in [7, 11) is 0. The molecule has 0 atom stereocenters. The first-order valence-electron chi connectivity index (χ1n) is 8.46. The summed E-state index contributed by atoms with van der Waals surface area (Å²) in [6.45, 7) is 8.83. The van der Waals surface area contributed by atoms with Gasteiger partial charge >= 0.3 is 0 Å². The number of carbonyl (C=O) groups excluding carboxylic acids is 1. The number of fused-ring (bicyclic) bond motifs is 3. The van der Waals surface area contributed by atoms with E-state index in [2.05, 4.69) is 20.9 Å². The summed E-state index contributed by atoms with van der Waals surface area (Å²) >= 11 is 0. The molecule has 1 aliphatic heterocycles. The van der Waals surface area contributed by atoms with E-state index in [1.807, 2.05) is 32.9 Å². The highest BCUT2D eigenvalue weighted by molar-refractivity contribution is 5.96. The van der Waals surface area contributed by atoms with Crippen molar-refractivity contribution in [2.75, 3.05) is 11.9 Å². The molecule has 0 bridgehead atoms. The summed E-state index contributed by atoms with van der Waals surface area (Å²) in [6.07, 6.45) is 2.67. The Morgan fingerprint density at radius 3 is 2.74 bits per heavy atom. The standard InChI is InChI=1S/C18H24N4O/c1-18(2,3)17(23)19-12-4-7-15-14(10-12)20-16-11-21(13-5-6-13)8-9-22(15)16/h4,7,10,13H,5-6,8-9,11H2,1-3H3,(H,19,23). The normalized spacial score (nSPS) is 18.9. The maximum Gasteiger partial charge on any atom is 0.229 e. The molecule has 1 aromatic heterocycles. The van der Waals surface area contributed by atoms with E-state index in [4.69, 9.17) is 4.98 Å². The van der Waals surface area contributed by atoms with E-state index >= 15 is 0 Å². The third kappa shape index (κ3) is 2.74. The highest BCUT2D eigenvalue weighted by Crippen LogP contribution is 2.31. The van der Waals surface area contributed by atoms with Crippen LogP contribution in [0.5, 0.6) is 0 Å². The number of aromatic nitrogens is 2. The second-order valence-corrected chi connectivity index (χ2v) is 7.79. The molecule has 0 spiro atoms. The summed E-state index contributed by atoms with van der Waals surface area (Å²) in [5.74, 6) is 1.18. The van der Waals surface area contributed by atoms with Gasteiger partial charge in [-0.2, -0.15) is 0 Å². The Kier molecular flexibility index (Phi) is 3.23. The molecule has 23 heavy (non-hydrogen) atoms. The van der Waals surface area contributed by atoms with E-state index in [-0.39, 0.29) is 5.91 Å². The van der Waals surface area contributed by atoms with Crippen LogP contribution < -0.4 is 5.32 Å². The Morgan fingerprint density at radius 2 is 2.04 bits per heavy atom. The van der Waals surface area contributed by atoms with Gasteiger partial charge in [-0.05, 0) is 31.0 Å². The molecule has 4 rings (SSSR count). The lowest BCUT2D eigenvalue weighted by atomic mass is 9.95. The quantitative estimate of drug-likeness (QED) is 0.927. The van der Waals surface area contributed by atoms with E-state index in [1.165, 1.54) is 18.4 Å². The Morgan fingerprint density at radius 1 is 1.26 bits per heavy atom. The zero-order valence-electron chi connectivity index (χ0n) is 14.1. The van der Waals surface area contributed by atoms with Crippen molar-refractivity contribution in [1.82, 2.24) is 14.5 Å². The maximum absolute atomic E-state index is 12.1. The van der Waals surface area contributed by atoms with Crippen molar-refractivity contribution in [3.8, 4) is 0 Å². The van der Waals surface area contributed by atoms with E-state index < -0.39 is 5.41 Å². The number of carbonyl (C=O) groups is 1. The van der Waals surface area contributed by atoms with Gasteiger partial charge in [-0.15, -0.1) is 0 Å². The summed E-state index contributed by atoms with van der Waals surface area (Å²) < 4.78 is 2.32. The molecule has 1 saturated carbocycles. The molecule has 122 valence electrons. The number of hydrogen-bond donors (Lipinski definition) is 1. The van der Waals surface area contributed by atoms with Gasteiger partial charge in [0.25, 0.3) is 0 Å². The van der Waals surface area contributed by atoms with Crippen LogP contribution in [0.3, 0.4) is 0 Å². The summed E-state index contributed by atoms with van der Waals surface area (Å²) in [6, 6.07) is 6.84. The maximum atomic E-state index is 12.1. The highest BCUT2D eigenvalue weighted by Gasteiger charge is 2.32. The first-order valence-corrected chi connectivity index (χ1v) is 8.46. The molecule has 0 unspecified atom stereocenters. The number of rotatable bonds is 2. The Bertz CT molecular complexity index is 767. The minimum absolute atomic E-state index is 0.0285. The van der Waals surface area contributed by atoms with Crippen LogP contribution in [0.15, 0.2) is 18.2 Å². The van der Waals surface area contributed by atoms with Crippen LogP contribution in [0.4, 0.5) is 5.69 Å². The number of nitrogens with zero attached hydrogens (tertiary/aromatic N) is 3. The molecule has 1 aromatic carbocycles. The molecular weight excluding hydrogens is 288 g/mol. The van der Waals surface area contributed by atoms with Gasteiger partial charge in [-0.3, -0.25) is 9.69 Å². The van der Waals surface area contributed by atoms with Crippen LogP contribution in [0, 0.1) is 5.41 Å². The van der Waals surface area contributed by atoms with Crippen LogP contribution in [0.2, 0.25) is 0 Å². The van der Waals surface area contributed by atoms with E-state index in [0.29, 0.717) is 0 Å². The topological polar surface area (TPSA) is 50.2 Å². The van der Waals surface area contributed by atoms with Gasteiger partial charge < -0.3 is 9.88 Å². The second-order valence-electron chi connectivity index (χ2n) is 7.79. The van der Waals surface area contributed by atoms with Gasteiger partial charge in [0.2, 0.25) is 5.91 Å². The molecule has 2 heterocycles. The van der Waals surface area contributed by atoms with Gasteiger partial charge in [0.05, 0.1) is 17.6 Å².